The van der Waals surface area contributed by atoms with Gasteiger partial charge in [-0.3, -0.25) is 14.9 Å². The number of carbonyl (C=O) groups excluding carboxylic acids is 1. The molecular weight excluding hydrogens is 256 g/mol. The van der Waals surface area contributed by atoms with Crippen molar-refractivity contribution in [2.75, 3.05) is 18.6 Å². The fraction of sp³-hybridized carbons (Fsp3) is 0.364. The number of anilines is 1. The molecule has 7 heteroatoms. The highest BCUT2D eigenvalue weighted by molar-refractivity contribution is 7.81. The van der Waals surface area contributed by atoms with Crippen molar-refractivity contribution in [1.82, 2.24) is 0 Å². The zero-order chi connectivity index (χ0) is 13.3. The second kappa shape index (κ2) is 4.85. The molecule has 0 bridgehead atoms. The number of thiol groups is 1. The van der Waals surface area contributed by atoms with E-state index in [0.717, 1.165) is 0 Å². The molecule has 1 unspecified atom stereocenters. The summed E-state index contributed by atoms with van der Waals surface area (Å²) in [5.41, 5.74) is 0.356. The molecule has 1 aliphatic rings. The Kier molecular flexibility index (Phi) is 3.42. The molecule has 0 aromatic heterocycles. The number of benzene rings is 1. The molecule has 6 nitrogen and oxygen atoms in total. The van der Waals surface area contributed by atoms with Gasteiger partial charge in [-0.15, -0.1) is 0 Å². The Morgan fingerprint density at radius 1 is 1.56 bits per heavy atom. The van der Waals surface area contributed by atoms with Gasteiger partial charge in [0.05, 0.1) is 17.7 Å². The molecule has 0 N–H and O–H groups in total. The van der Waals surface area contributed by atoms with Crippen LogP contribution in [0.2, 0.25) is 0 Å². The van der Waals surface area contributed by atoms with Gasteiger partial charge in [0.25, 0.3) is 0 Å². The molecule has 0 aliphatic carbocycles. The first-order valence-electron chi connectivity index (χ1n) is 5.33. The Morgan fingerprint density at radius 2 is 2.28 bits per heavy atom. The van der Waals surface area contributed by atoms with Crippen LogP contribution in [0.15, 0.2) is 18.2 Å². The average molecular weight is 268 g/mol. The maximum Gasteiger partial charge on any atom is 0.312 e. The molecule has 96 valence electrons. The number of amides is 1. The maximum atomic E-state index is 11.7. The van der Waals surface area contributed by atoms with Gasteiger partial charge in [0.2, 0.25) is 5.91 Å². The third-order valence-corrected chi connectivity index (χ3v) is 3.12. The van der Waals surface area contributed by atoms with E-state index in [-0.39, 0.29) is 22.6 Å². The third-order valence-electron chi connectivity index (χ3n) is 2.78. The summed E-state index contributed by atoms with van der Waals surface area (Å²) >= 11 is 4.25. The van der Waals surface area contributed by atoms with Crippen molar-refractivity contribution >= 4 is 29.9 Å². The molecule has 1 fully saturated rings. The van der Waals surface area contributed by atoms with Crippen LogP contribution in [-0.4, -0.2) is 29.7 Å². The lowest BCUT2D eigenvalue weighted by atomic mass is 10.2. The molecule has 1 amide bonds. The van der Waals surface area contributed by atoms with Crippen LogP contribution < -0.4 is 9.64 Å². The Bertz CT molecular complexity index is 506. The van der Waals surface area contributed by atoms with Gasteiger partial charge in [-0.2, -0.15) is 12.6 Å². The summed E-state index contributed by atoms with van der Waals surface area (Å²) in [5, 5.41) is 10.9. The number of methoxy groups -OCH3 is 1. The Morgan fingerprint density at radius 3 is 2.78 bits per heavy atom. The molecular formula is C11H12N2O4S. The lowest BCUT2D eigenvalue weighted by Crippen LogP contribution is -2.24. The van der Waals surface area contributed by atoms with Gasteiger partial charge in [0.15, 0.2) is 5.75 Å². The van der Waals surface area contributed by atoms with E-state index >= 15 is 0 Å². The van der Waals surface area contributed by atoms with Gasteiger partial charge < -0.3 is 9.64 Å². The molecule has 2 rings (SSSR count). The number of carbonyl (C=O) groups is 1. The number of nitro benzene ring substituents is 1. The van der Waals surface area contributed by atoms with E-state index in [2.05, 4.69) is 12.6 Å². The molecule has 0 spiro atoms. The molecule has 1 aromatic carbocycles. The Labute approximate surface area is 109 Å². The quantitative estimate of drug-likeness (QED) is 0.514. The SMILES string of the molecule is COc1ccc(N2CC(S)CC2=O)cc1[N+](=O)[O-]. The number of nitrogens with zero attached hydrogens (tertiary/aromatic N) is 2. The second-order valence-electron chi connectivity index (χ2n) is 3.98. The maximum absolute atomic E-state index is 11.7. The van der Waals surface area contributed by atoms with Crippen LogP contribution in [0.4, 0.5) is 11.4 Å². The van der Waals surface area contributed by atoms with Crippen molar-refractivity contribution in [2.24, 2.45) is 0 Å². The summed E-state index contributed by atoms with van der Waals surface area (Å²) in [4.78, 5) is 23.6. The fourth-order valence-electron chi connectivity index (χ4n) is 1.93. The van der Waals surface area contributed by atoms with Crippen molar-refractivity contribution in [3.05, 3.63) is 28.3 Å². The third kappa shape index (κ3) is 2.26. The van der Waals surface area contributed by atoms with Crippen LogP contribution >= 0.6 is 12.6 Å². The molecule has 1 aromatic rings. The summed E-state index contributed by atoms with van der Waals surface area (Å²) in [6.07, 6.45) is 0.350. The predicted molar refractivity (Wildman–Crippen MR) is 69.4 cm³/mol. The lowest BCUT2D eigenvalue weighted by molar-refractivity contribution is -0.385. The van der Waals surface area contributed by atoms with Crippen molar-refractivity contribution in [3.8, 4) is 5.75 Å². The smallest absolute Gasteiger partial charge is 0.312 e. The van der Waals surface area contributed by atoms with Crippen LogP contribution in [0.5, 0.6) is 5.75 Å². The van der Waals surface area contributed by atoms with Crippen molar-refractivity contribution in [3.63, 3.8) is 0 Å². The highest BCUT2D eigenvalue weighted by Gasteiger charge is 2.29. The monoisotopic (exact) mass is 268 g/mol. The molecule has 1 aliphatic heterocycles. The van der Waals surface area contributed by atoms with Crippen LogP contribution in [0.25, 0.3) is 0 Å². The summed E-state index contributed by atoms with van der Waals surface area (Å²) in [6.45, 7) is 0.464. The Hall–Kier alpha value is -1.76. The van der Waals surface area contributed by atoms with Gasteiger partial charge in [0, 0.05) is 24.3 Å². The van der Waals surface area contributed by atoms with Crippen molar-refractivity contribution in [1.29, 1.82) is 0 Å². The predicted octanol–water partition coefficient (Wildman–Crippen LogP) is 1.64. The minimum Gasteiger partial charge on any atom is -0.490 e. The number of hydrogen-bond acceptors (Lipinski definition) is 5. The summed E-state index contributed by atoms with van der Waals surface area (Å²) in [7, 11) is 1.37. The molecule has 1 atom stereocenters. The lowest BCUT2D eigenvalue weighted by Gasteiger charge is -2.16. The standard InChI is InChI=1S/C11H12N2O4S/c1-17-10-3-2-7(4-9(10)13(15)16)12-6-8(18)5-11(12)14/h2-4,8,18H,5-6H2,1H3. The van der Waals surface area contributed by atoms with Crippen LogP contribution in [0.3, 0.4) is 0 Å². The topological polar surface area (TPSA) is 72.7 Å². The molecule has 18 heavy (non-hydrogen) atoms. The van der Waals surface area contributed by atoms with Crippen LogP contribution in [0, 0.1) is 10.1 Å². The van der Waals surface area contributed by atoms with E-state index in [9.17, 15) is 14.9 Å². The highest BCUT2D eigenvalue weighted by atomic mass is 32.1. The van der Waals surface area contributed by atoms with Gasteiger partial charge >= 0.3 is 5.69 Å². The second-order valence-corrected chi connectivity index (χ2v) is 4.71. The molecule has 0 saturated carbocycles. The first-order valence-corrected chi connectivity index (χ1v) is 5.85. The summed E-state index contributed by atoms with van der Waals surface area (Å²) in [5.74, 6) is 0.104. The van der Waals surface area contributed by atoms with E-state index < -0.39 is 4.92 Å². The number of ether oxygens (including phenoxy) is 1. The first-order chi connectivity index (χ1) is 8.52. The van der Waals surface area contributed by atoms with E-state index in [1.165, 1.54) is 24.1 Å². The summed E-state index contributed by atoms with van der Waals surface area (Å²) < 4.78 is 4.91. The fourth-order valence-corrected chi connectivity index (χ4v) is 2.25. The number of hydrogen-bond donors (Lipinski definition) is 1. The minimum absolute atomic E-state index is 0.0290. The average Bonchev–Trinajstić information content (AvgIpc) is 2.67. The zero-order valence-electron chi connectivity index (χ0n) is 9.70. The normalized spacial score (nSPS) is 19.1. The van der Waals surface area contributed by atoms with Gasteiger partial charge in [0.1, 0.15) is 0 Å². The summed E-state index contributed by atoms with van der Waals surface area (Å²) in [6, 6.07) is 4.48. The van der Waals surface area contributed by atoms with Crippen molar-refractivity contribution in [2.45, 2.75) is 11.7 Å². The number of nitro groups is 1. The van der Waals surface area contributed by atoms with Gasteiger partial charge in [-0.25, -0.2) is 0 Å². The minimum atomic E-state index is -0.527. The van der Waals surface area contributed by atoms with E-state index in [1.54, 1.807) is 6.07 Å². The Balaban J connectivity index is 2.38. The van der Waals surface area contributed by atoms with E-state index in [0.29, 0.717) is 18.7 Å². The first kappa shape index (κ1) is 12.7. The van der Waals surface area contributed by atoms with Crippen LogP contribution in [0.1, 0.15) is 6.42 Å². The van der Waals surface area contributed by atoms with E-state index in [4.69, 9.17) is 4.74 Å². The van der Waals surface area contributed by atoms with Crippen molar-refractivity contribution < 1.29 is 14.5 Å². The van der Waals surface area contributed by atoms with Gasteiger partial charge in [-0.05, 0) is 12.1 Å². The molecule has 0 radical (unpaired) electrons. The van der Waals surface area contributed by atoms with Crippen LogP contribution in [-0.2, 0) is 4.79 Å². The number of rotatable bonds is 3. The highest BCUT2D eigenvalue weighted by Crippen LogP contribution is 2.33. The van der Waals surface area contributed by atoms with Gasteiger partial charge in [-0.1, -0.05) is 0 Å². The largest absolute Gasteiger partial charge is 0.490 e. The zero-order valence-corrected chi connectivity index (χ0v) is 10.6. The molecule has 1 saturated heterocycles. The van der Waals surface area contributed by atoms with E-state index in [1.807, 2.05) is 0 Å². The molecule has 1 heterocycles.